The molecule has 0 spiro atoms. The minimum absolute atomic E-state index is 0.657. The summed E-state index contributed by atoms with van der Waals surface area (Å²) in [5.41, 5.74) is 4.42. The average molecular weight is 339 g/mol. The molecule has 3 aromatic carbocycles. The molecule has 0 N–H and O–H groups in total. The van der Waals surface area contributed by atoms with Crippen LogP contribution in [-0.4, -0.2) is 0 Å². The van der Waals surface area contributed by atoms with Crippen molar-refractivity contribution in [3.8, 4) is 11.3 Å². The fraction of sp³-hybridized carbons (Fsp3) is 0.125. The van der Waals surface area contributed by atoms with E-state index in [0.29, 0.717) is 6.54 Å². The van der Waals surface area contributed by atoms with Crippen molar-refractivity contribution in [2.45, 2.75) is 19.9 Å². The molecule has 4 rings (SSSR count). The van der Waals surface area contributed by atoms with Gasteiger partial charge in [0, 0.05) is 17.0 Å². The Balaban J connectivity index is 1.89. The number of rotatable bonds is 4. The van der Waals surface area contributed by atoms with Gasteiger partial charge in [0.1, 0.15) is 11.3 Å². The Morgan fingerprint density at radius 3 is 2.23 bits per heavy atom. The topological polar surface area (TPSA) is 25.5 Å². The summed E-state index contributed by atoms with van der Waals surface area (Å²) in [6, 6.07) is 29.0. The van der Waals surface area contributed by atoms with Gasteiger partial charge < -0.3 is 4.42 Å². The molecule has 0 aliphatic carbocycles. The fourth-order valence-electron chi connectivity index (χ4n) is 3.07. The third-order valence-electron chi connectivity index (χ3n) is 4.55. The van der Waals surface area contributed by atoms with Crippen molar-refractivity contribution in [1.29, 1.82) is 0 Å². The number of hydrogen-bond donors (Lipinski definition) is 0. The predicted molar refractivity (Wildman–Crippen MR) is 107 cm³/mol. The zero-order valence-electron chi connectivity index (χ0n) is 14.9. The summed E-state index contributed by atoms with van der Waals surface area (Å²) in [5, 5.41) is 2.05. The van der Waals surface area contributed by atoms with Crippen LogP contribution in [0.1, 0.15) is 18.1 Å². The van der Waals surface area contributed by atoms with Crippen molar-refractivity contribution in [2.24, 2.45) is 4.99 Å². The minimum Gasteiger partial charge on any atom is -0.456 e. The van der Waals surface area contributed by atoms with Crippen molar-refractivity contribution in [3.63, 3.8) is 0 Å². The van der Waals surface area contributed by atoms with Gasteiger partial charge in [0.25, 0.3) is 0 Å². The van der Waals surface area contributed by atoms with Crippen LogP contribution >= 0.6 is 0 Å². The highest BCUT2D eigenvalue weighted by atomic mass is 16.3. The summed E-state index contributed by atoms with van der Waals surface area (Å²) >= 11 is 0. The molecule has 0 fully saturated rings. The lowest BCUT2D eigenvalue weighted by Gasteiger charge is -2.07. The van der Waals surface area contributed by atoms with Crippen LogP contribution in [0, 0.1) is 0 Å². The summed E-state index contributed by atoms with van der Waals surface area (Å²) in [6.07, 6.45) is 0.995. The van der Waals surface area contributed by atoms with Crippen LogP contribution in [0.15, 0.2) is 94.3 Å². The quantitative estimate of drug-likeness (QED) is 0.464. The van der Waals surface area contributed by atoms with Gasteiger partial charge in [0.05, 0.1) is 11.9 Å². The molecule has 2 heteroatoms. The highest BCUT2D eigenvalue weighted by Crippen LogP contribution is 2.23. The number of hydrogen-bond acceptors (Lipinski definition) is 2. The molecule has 0 bridgehead atoms. The first-order valence-corrected chi connectivity index (χ1v) is 9.00. The van der Waals surface area contributed by atoms with E-state index in [-0.39, 0.29) is 0 Å². The van der Waals surface area contributed by atoms with Gasteiger partial charge in [-0.15, -0.1) is 0 Å². The van der Waals surface area contributed by atoms with E-state index in [1.807, 2.05) is 36.4 Å². The zero-order valence-corrected chi connectivity index (χ0v) is 14.9. The van der Waals surface area contributed by atoms with Gasteiger partial charge >= 0.3 is 0 Å². The molecule has 1 aromatic heterocycles. The lowest BCUT2D eigenvalue weighted by Crippen LogP contribution is -2.05. The fourth-order valence-corrected chi connectivity index (χ4v) is 3.07. The molecule has 128 valence electrons. The molecule has 1 heterocycles. The SMILES string of the molecule is CCc1ccc2oc(-c3ccccc3)cc(=NCc3ccccc3)c2c1. The van der Waals surface area contributed by atoms with E-state index in [0.717, 1.165) is 34.1 Å². The number of aryl methyl sites for hydroxylation is 1. The van der Waals surface area contributed by atoms with Crippen molar-refractivity contribution >= 4 is 11.0 Å². The Morgan fingerprint density at radius 2 is 1.50 bits per heavy atom. The summed E-state index contributed by atoms with van der Waals surface area (Å²) in [5.74, 6) is 0.842. The second kappa shape index (κ2) is 7.40. The molecule has 0 radical (unpaired) electrons. The second-order valence-corrected chi connectivity index (χ2v) is 6.35. The number of nitrogens with zero attached hydrogens (tertiary/aromatic N) is 1. The van der Waals surface area contributed by atoms with Crippen LogP contribution in [0.3, 0.4) is 0 Å². The summed E-state index contributed by atoms with van der Waals surface area (Å²) < 4.78 is 6.18. The highest BCUT2D eigenvalue weighted by Gasteiger charge is 2.06. The Kier molecular flexibility index (Phi) is 4.65. The smallest absolute Gasteiger partial charge is 0.136 e. The third kappa shape index (κ3) is 3.45. The van der Waals surface area contributed by atoms with Gasteiger partial charge in [0.15, 0.2) is 0 Å². The monoisotopic (exact) mass is 339 g/mol. The minimum atomic E-state index is 0.657. The molecule has 2 nitrogen and oxygen atoms in total. The molecule has 0 aliphatic rings. The zero-order chi connectivity index (χ0) is 17.8. The largest absolute Gasteiger partial charge is 0.456 e. The van der Waals surface area contributed by atoms with Crippen LogP contribution < -0.4 is 5.36 Å². The molecule has 0 atom stereocenters. The Morgan fingerprint density at radius 1 is 0.769 bits per heavy atom. The van der Waals surface area contributed by atoms with Gasteiger partial charge in [-0.3, -0.25) is 4.99 Å². The summed E-state index contributed by atoms with van der Waals surface area (Å²) in [6.45, 7) is 2.82. The number of benzene rings is 3. The maximum absolute atomic E-state index is 6.18. The molecular weight excluding hydrogens is 318 g/mol. The Labute approximate surface area is 153 Å². The lowest BCUT2D eigenvalue weighted by molar-refractivity contribution is 0.617. The third-order valence-corrected chi connectivity index (χ3v) is 4.55. The van der Waals surface area contributed by atoms with Gasteiger partial charge in [0.2, 0.25) is 0 Å². The molecule has 0 saturated heterocycles. The Bertz CT molecular complexity index is 1080. The van der Waals surface area contributed by atoms with Gasteiger partial charge in [-0.25, -0.2) is 0 Å². The van der Waals surface area contributed by atoms with Crippen molar-refractivity contribution < 1.29 is 4.42 Å². The molecule has 0 unspecified atom stereocenters. The molecule has 0 aliphatic heterocycles. The summed E-state index contributed by atoms with van der Waals surface area (Å²) in [7, 11) is 0. The number of fused-ring (bicyclic) bond motifs is 1. The molecule has 0 amide bonds. The highest BCUT2D eigenvalue weighted by molar-refractivity contribution is 5.79. The molecular formula is C24H21NO. The van der Waals surface area contributed by atoms with Crippen molar-refractivity contribution in [3.05, 3.63) is 101 Å². The van der Waals surface area contributed by atoms with Crippen molar-refractivity contribution in [2.75, 3.05) is 0 Å². The van der Waals surface area contributed by atoms with E-state index >= 15 is 0 Å². The normalized spacial score (nSPS) is 11.8. The first-order chi connectivity index (χ1) is 12.8. The first-order valence-electron chi connectivity index (χ1n) is 9.00. The maximum atomic E-state index is 6.18. The van der Waals surface area contributed by atoms with E-state index in [4.69, 9.17) is 9.41 Å². The predicted octanol–water partition coefficient (Wildman–Crippen LogP) is 5.76. The Hall–Kier alpha value is -3.13. The lowest BCUT2D eigenvalue weighted by atomic mass is 10.1. The standard InChI is InChI=1S/C24H21NO/c1-2-18-13-14-23-21(15-18)22(25-17-19-9-5-3-6-10-19)16-24(26-23)20-11-7-4-8-12-20/h3-16H,2,17H2,1H3. The first kappa shape index (κ1) is 16.3. The van der Waals surface area contributed by atoms with Gasteiger partial charge in [-0.1, -0.05) is 73.7 Å². The van der Waals surface area contributed by atoms with E-state index in [1.54, 1.807) is 0 Å². The summed E-state index contributed by atoms with van der Waals surface area (Å²) in [4.78, 5) is 4.91. The van der Waals surface area contributed by atoms with Crippen LogP contribution in [0.25, 0.3) is 22.3 Å². The maximum Gasteiger partial charge on any atom is 0.136 e. The average Bonchev–Trinajstić information content (AvgIpc) is 2.73. The van der Waals surface area contributed by atoms with E-state index in [9.17, 15) is 0 Å². The van der Waals surface area contributed by atoms with Gasteiger partial charge in [-0.2, -0.15) is 0 Å². The van der Waals surface area contributed by atoms with Gasteiger partial charge in [-0.05, 0) is 29.7 Å². The van der Waals surface area contributed by atoms with Crippen molar-refractivity contribution in [1.82, 2.24) is 0 Å². The van der Waals surface area contributed by atoms with Crippen LogP contribution in [0.4, 0.5) is 0 Å². The molecule has 4 aromatic rings. The van der Waals surface area contributed by atoms with Crippen LogP contribution in [0.2, 0.25) is 0 Å². The second-order valence-electron chi connectivity index (χ2n) is 6.35. The molecule has 26 heavy (non-hydrogen) atoms. The molecule has 0 saturated carbocycles. The van der Waals surface area contributed by atoms with E-state index < -0.39 is 0 Å². The van der Waals surface area contributed by atoms with E-state index in [2.05, 4.69) is 55.5 Å². The van der Waals surface area contributed by atoms with E-state index in [1.165, 1.54) is 11.1 Å². The van der Waals surface area contributed by atoms with Crippen LogP contribution in [0.5, 0.6) is 0 Å². The van der Waals surface area contributed by atoms with Crippen LogP contribution in [-0.2, 0) is 13.0 Å².